The number of likely N-dealkylation sites (N-methyl/N-ethyl adjacent to an activating group) is 1. The molecule has 1 amide bonds. The van der Waals surface area contributed by atoms with Crippen molar-refractivity contribution in [1.29, 1.82) is 0 Å². The Hall–Kier alpha value is -3.28. The van der Waals surface area contributed by atoms with Gasteiger partial charge in [0.15, 0.2) is 0 Å². The molecule has 0 fully saturated rings. The van der Waals surface area contributed by atoms with Crippen LogP contribution < -0.4 is 4.74 Å². The summed E-state index contributed by atoms with van der Waals surface area (Å²) in [6, 6.07) is 8.03. The van der Waals surface area contributed by atoms with Crippen LogP contribution in [0.15, 0.2) is 41.1 Å². The Morgan fingerprint density at radius 2 is 1.80 bits per heavy atom. The number of aromatic nitrogens is 1. The Morgan fingerprint density at radius 1 is 1.10 bits per heavy atom. The summed E-state index contributed by atoms with van der Waals surface area (Å²) in [5.41, 5.74) is 6.18. The monoisotopic (exact) mass is 408 g/mol. The zero-order valence-electron chi connectivity index (χ0n) is 18.6. The van der Waals surface area contributed by atoms with Gasteiger partial charge in [-0.3, -0.25) is 4.79 Å². The normalized spacial score (nSPS) is 15.4. The lowest BCUT2D eigenvalue weighted by molar-refractivity contribution is -0.136. The summed E-state index contributed by atoms with van der Waals surface area (Å²) in [6.07, 6.45) is 1.79. The van der Waals surface area contributed by atoms with Gasteiger partial charge in [-0.2, -0.15) is 0 Å². The number of nitrogens with zero attached hydrogens (tertiary/aromatic N) is 2. The molecule has 2 aromatic rings. The van der Waals surface area contributed by atoms with E-state index in [4.69, 9.17) is 9.47 Å². The molecule has 2 heterocycles. The number of carbonyl (C=O) groups excluding carboxylic acids is 2. The van der Waals surface area contributed by atoms with Gasteiger partial charge in [0.1, 0.15) is 5.75 Å². The summed E-state index contributed by atoms with van der Waals surface area (Å²) < 4.78 is 12.6. The van der Waals surface area contributed by atoms with Gasteiger partial charge >= 0.3 is 5.97 Å². The summed E-state index contributed by atoms with van der Waals surface area (Å²) in [5, 5.41) is 0. The van der Waals surface area contributed by atoms with Crippen LogP contribution in [0, 0.1) is 20.8 Å². The van der Waals surface area contributed by atoms with E-state index in [1.54, 1.807) is 25.0 Å². The lowest BCUT2D eigenvalue weighted by Gasteiger charge is -2.15. The second kappa shape index (κ2) is 8.22. The number of rotatable bonds is 5. The van der Waals surface area contributed by atoms with Gasteiger partial charge in [0.25, 0.3) is 5.91 Å². The average molecular weight is 408 g/mol. The molecule has 0 spiro atoms. The van der Waals surface area contributed by atoms with Crippen molar-refractivity contribution in [2.45, 2.75) is 34.6 Å². The standard InChI is InChI=1S/C24H28N2O4/c1-8-25-17(5)22(24(28)30-7)19(23(25)27)13-18-12-15(3)26(16(18)4)20-11-14(2)9-10-21(20)29-6/h9-13H,8H2,1-7H3/b19-13-. The maximum absolute atomic E-state index is 13.0. The Morgan fingerprint density at radius 3 is 2.40 bits per heavy atom. The summed E-state index contributed by atoms with van der Waals surface area (Å²) in [6.45, 7) is 10.2. The third-order valence-electron chi connectivity index (χ3n) is 5.56. The van der Waals surface area contributed by atoms with E-state index in [0.29, 0.717) is 23.4 Å². The number of methoxy groups -OCH3 is 2. The van der Waals surface area contributed by atoms with Crippen LogP contribution in [0.2, 0.25) is 0 Å². The Kier molecular flexibility index (Phi) is 5.87. The van der Waals surface area contributed by atoms with Crippen LogP contribution in [0.25, 0.3) is 11.8 Å². The second-order valence-electron chi connectivity index (χ2n) is 7.40. The number of allylic oxidation sites excluding steroid dienone is 1. The summed E-state index contributed by atoms with van der Waals surface area (Å²) in [4.78, 5) is 27.0. The fourth-order valence-corrected chi connectivity index (χ4v) is 4.04. The second-order valence-corrected chi connectivity index (χ2v) is 7.40. The molecule has 0 saturated carbocycles. The first-order chi connectivity index (χ1) is 14.2. The van der Waals surface area contributed by atoms with E-state index in [1.165, 1.54) is 7.11 Å². The van der Waals surface area contributed by atoms with E-state index in [1.807, 2.05) is 45.9 Å². The summed E-state index contributed by atoms with van der Waals surface area (Å²) in [7, 11) is 2.98. The van der Waals surface area contributed by atoms with Crippen LogP contribution in [-0.4, -0.2) is 42.1 Å². The molecule has 0 saturated heterocycles. The predicted octanol–water partition coefficient (Wildman–Crippen LogP) is 4.10. The zero-order chi connectivity index (χ0) is 22.2. The minimum absolute atomic E-state index is 0.187. The molecule has 0 atom stereocenters. The minimum Gasteiger partial charge on any atom is -0.495 e. The molecule has 30 heavy (non-hydrogen) atoms. The third-order valence-corrected chi connectivity index (χ3v) is 5.56. The molecule has 6 nitrogen and oxygen atoms in total. The minimum atomic E-state index is -0.503. The van der Waals surface area contributed by atoms with Gasteiger partial charge in [-0.15, -0.1) is 0 Å². The number of aryl methyl sites for hydroxylation is 2. The van der Waals surface area contributed by atoms with Gasteiger partial charge in [-0.1, -0.05) is 6.07 Å². The van der Waals surface area contributed by atoms with E-state index in [0.717, 1.165) is 34.0 Å². The van der Waals surface area contributed by atoms with Crippen LogP contribution in [0.1, 0.15) is 36.4 Å². The van der Waals surface area contributed by atoms with Gasteiger partial charge in [-0.25, -0.2) is 4.79 Å². The van der Waals surface area contributed by atoms with Crippen molar-refractivity contribution in [2.75, 3.05) is 20.8 Å². The topological polar surface area (TPSA) is 60.8 Å². The Labute approximate surface area is 177 Å². The largest absolute Gasteiger partial charge is 0.495 e. The van der Waals surface area contributed by atoms with Crippen LogP contribution >= 0.6 is 0 Å². The van der Waals surface area contributed by atoms with Gasteiger partial charge < -0.3 is 18.9 Å². The molecule has 1 aromatic heterocycles. The van der Waals surface area contributed by atoms with Crippen LogP contribution in [0.5, 0.6) is 5.75 Å². The van der Waals surface area contributed by atoms with Gasteiger partial charge in [0, 0.05) is 23.6 Å². The number of benzene rings is 1. The fourth-order valence-electron chi connectivity index (χ4n) is 4.04. The highest BCUT2D eigenvalue weighted by atomic mass is 16.5. The molecule has 1 aromatic carbocycles. The quantitative estimate of drug-likeness (QED) is 0.552. The van der Waals surface area contributed by atoms with Crippen LogP contribution in [-0.2, 0) is 14.3 Å². The number of hydrogen-bond donors (Lipinski definition) is 0. The van der Waals surface area contributed by atoms with Crippen molar-refractivity contribution in [3.8, 4) is 11.4 Å². The lowest BCUT2D eigenvalue weighted by Crippen LogP contribution is -2.24. The SMILES string of the molecule is CCN1C(=O)/C(=C\c2cc(C)n(-c3cc(C)ccc3OC)c2C)C(C(=O)OC)=C1C. The smallest absolute Gasteiger partial charge is 0.340 e. The number of esters is 1. The van der Waals surface area contributed by atoms with E-state index < -0.39 is 5.97 Å². The molecule has 0 N–H and O–H groups in total. The van der Waals surface area contributed by atoms with E-state index in [9.17, 15) is 9.59 Å². The molecule has 0 radical (unpaired) electrons. The maximum atomic E-state index is 13.0. The predicted molar refractivity (Wildman–Crippen MR) is 117 cm³/mol. The van der Waals surface area contributed by atoms with Gasteiger partial charge in [0.05, 0.1) is 31.1 Å². The third kappa shape index (κ3) is 3.43. The van der Waals surface area contributed by atoms with Crippen molar-refractivity contribution in [3.63, 3.8) is 0 Å². The first kappa shape index (κ1) is 21.4. The van der Waals surface area contributed by atoms with Crippen molar-refractivity contribution >= 4 is 18.0 Å². The molecule has 1 aliphatic rings. The average Bonchev–Trinajstić information content (AvgIpc) is 3.13. The molecule has 1 aliphatic heterocycles. The fraction of sp³-hybridized carbons (Fsp3) is 0.333. The van der Waals surface area contributed by atoms with Crippen LogP contribution in [0.4, 0.5) is 0 Å². The molecule has 6 heteroatoms. The zero-order valence-corrected chi connectivity index (χ0v) is 18.6. The first-order valence-electron chi connectivity index (χ1n) is 9.92. The number of amides is 1. The molecule has 3 rings (SSSR count). The summed E-state index contributed by atoms with van der Waals surface area (Å²) in [5.74, 6) is 0.0762. The highest BCUT2D eigenvalue weighted by molar-refractivity contribution is 6.16. The van der Waals surface area contributed by atoms with E-state index in [-0.39, 0.29) is 5.91 Å². The molecule has 0 aliphatic carbocycles. The van der Waals surface area contributed by atoms with Crippen LogP contribution in [0.3, 0.4) is 0 Å². The van der Waals surface area contributed by atoms with E-state index in [2.05, 4.69) is 10.6 Å². The molecular formula is C24H28N2O4. The van der Waals surface area contributed by atoms with Gasteiger partial charge in [0.2, 0.25) is 0 Å². The lowest BCUT2D eigenvalue weighted by atomic mass is 10.0. The molecule has 158 valence electrons. The van der Waals surface area contributed by atoms with Crippen molar-refractivity contribution in [1.82, 2.24) is 9.47 Å². The Balaban J connectivity index is 2.18. The molecule has 0 unspecified atom stereocenters. The van der Waals surface area contributed by atoms with Gasteiger partial charge in [-0.05, 0) is 70.0 Å². The number of ether oxygens (including phenoxy) is 2. The number of hydrogen-bond acceptors (Lipinski definition) is 4. The number of carbonyl (C=O) groups is 2. The maximum Gasteiger partial charge on any atom is 0.340 e. The molecule has 0 bridgehead atoms. The van der Waals surface area contributed by atoms with E-state index >= 15 is 0 Å². The molecular weight excluding hydrogens is 380 g/mol. The van der Waals surface area contributed by atoms with Crippen molar-refractivity contribution in [3.05, 3.63) is 63.6 Å². The Bertz CT molecular complexity index is 1090. The first-order valence-corrected chi connectivity index (χ1v) is 9.92. The van der Waals surface area contributed by atoms with Crippen molar-refractivity contribution < 1.29 is 19.1 Å². The highest BCUT2D eigenvalue weighted by Crippen LogP contribution is 2.34. The highest BCUT2D eigenvalue weighted by Gasteiger charge is 2.36. The summed E-state index contributed by atoms with van der Waals surface area (Å²) >= 11 is 0. The van der Waals surface area contributed by atoms with Crippen molar-refractivity contribution in [2.24, 2.45) is 0 Å².